The largest absolute Gasteiger partial charge is 0.341 e. The lowest BCUT2D eigenvalue weighted by Crippen LogP contribution is -2.24. The fourth-order valence-corrected chi connectivity index (χ4v) is 2.28. The normalized spacial score (nSPS) is 10.7. The molecule has 0 aliphatic rings. The molecule has 0 amide bonds. The first-order valence-electron chi connectivity index (χ1n) is 5.70. The zero-order chi connectivity index (χ0) is 13.8. The molecule has 0 aliphatic heterocycles. The van der Waals surface area contributed by atoms with Crippen LogP contribution in [-0.2, 0) is 7.05 Å². The summed E-state index contributed by atoms with van der Waals surface area (Å²) in [7, 11) is 1.75. The van der Waals surface area contributed by atoms with Crippen molar-refractivity contribution in [2.45, 2.75) is 24.2 Å². The highest BCUT2D eigenvalue weighted by Crippen LogP contribution is 2.23. The number of hydrogen-bond donors (Lipinski definition) is 0. The van der Waals surface area contributed by atoms with Crippen LogP contribution >= 0.6 is 23.4 Å². The number of tetrazole rings is 1. The van der Waals surface area contributed by atoms with Crippen molar-refractivity contribution in [2.75, 3.05) is 18.0 Å². The minimum absolute atomic E-state index is 0.162. The summed E-state index contributed by atoms with van der Waals surface area (Å²) in [5.74, 6) is 0.558. The van der Waals surface area contributed by atoms with Gasteiger partial charge in [0.25, 0.3) is 0 Å². The minimum Gasteiger partial charge on any atom is -0.341 e. The quantitative estimate of drug-likeness (QED) is 0.810. The van der Waals surface area contributed by atoms with Crippen molar-refractivity contribution < 1.29 is 0 Å². The first kappa shape index (κ1) is 13.9. The molecule has 0 saturated heterocycles. The van der Waals surface area contributed by atoms with E-state index in [-0.39, 0.29) is 5.28 Å². The number of halogens is 1. The lowest BCUT2D eigenvalue weighted by Gasteiger charge is -2.18. The lowest BCUT2D eigenvalue weighted by molar-refractivity contribution is 0.663. The van der Waals surface area contributed by atoms with Crippen molar-refractivity contribution in [3.63, 3.8) is 0 Å². The van der Waals surface area contributed by atoms with Gasteiger partial charge >= 0.3 is 0 Å². The Bertz CT molecular complexity index is 555. The van der Waals surface area contributed by atoms with Crippen LogP contribution in [-0.4, -0.2) is 48.2 Å². The molecule has 0 aromatic carbocycles. The average Bonchev–Trinajstić information content (AvgIpc) is 2.76. The van der Waals surface area contributed by atoms with Gasteiger partial charge in [0.05, 0.1) is 0 Å². The van der Waals surface area contributed by atoms with Crippen LogP contribution in [0.2, 0.25) is 5.28 Å². The molecule has 19 heavy (non-hydrogen) atoms. The van der Waals surface area contributed by atoms with Gasteiger partial charge in [-0.1, -0.05) is 0 Å². The molecule has 0 unspecified atom stereocenters. The maximum atomic E-state index is 5.93. The minimum atomic E-state index is 0.162. The maximum absolute atomic E-state index is 5.93. The summed E-state index contributed by atoms with van der Waals surface area (Å²) in [6, 6.07) is 0. The zero-order valence-electron chi connectivity index (χ0n) is 10.8. The molecule has 0 aliphatic carbocycles. The molecule has 102 valence electrons. The standard InChI is InChI=1S/C9H13ClN8S/c1-4-18(5-2)7-11-6(10)12-8(13-7)19-9-14-15-16-17(9)3/h4-5H2,1-3H3. The molecule has 10 heteroatoms. The average molecular weight is 301 g/mol. The summed E-state index contributed by atoms with van der Waals surface area (Å²) in [5, 5.41) is 12.4. The van der Waals surface area contributed by atoms with Crippen molar-refractivity contribution in [3.8, 4) is 0 Å². The molecule has 8 nitrogen and oxygen atoms in total. The number of aryl methyl sites for hydroxylation is 1. The van der Waals surface area contributed by atoms with E-state index in [0.717, 1.165) is 13.1 Å². The number of anilines is 1. The van der Waals surface area contributed by atoms with Crippen LogP contribution in [0.5, 0.6) is 0 Å². The highest BCUT2D eigenvalue weighted by Gasteiger charge is 2.13. The number of rotatable bonds is 5. The van der Waals surface area contributed by atoms with Gasteiger partial charge < -0.3 is 4.90 Å². The van der Waals surface area contributed by atoms with Gasteiger partial charge in [0.15, 0.2) is 0 Å². The van der Waals surface area contributed by atoms with Gasteiger partial charge in [0.1, 0.15) is 0 Å². The Kier molecular flexibility index (Phi) is 4.48. The van der Waals surface area contributed by atoms with E-state index in [1.807, 2.05) is 18.7 Å². The van der Waals surface area contributed by atoms with E-state index in [9.17, 15) is 0 Å². The first-order chi connectivity index (χ1) is 9.13. The van der Waals surface area contributed by atoms with Gasteiger partial charge in [-0.3, -0.25) is 0 Å². The third-order valence-electron chi connectivity index (χ3n) is 2.39. The Morgan fingerprint density at radius 3 is 2.53 bits per heavy atom. The molecule has 2 aromatic heterocycles. The van der Waals surface area contributed by atoms with Gasteiger partial charge in [-0.05, 0) is 47.6 Å². The van der Waals surface area contributed by atoms with Crippen LogP contribution in [0, 0.1) is 0 Å². The van der Waals surface area contributed by atoms with E-state index < -0.39 is 0 Å². The molecule has 0 atom stereocenters. The summed E-state index contributed by atoms with van der Waals surface area (Å²) >= 11 is 7.17. The molecule has 0 radical (unpaired) electrons. The molecular weight excluding hydrogens is 288 g/mol. The Hall–Kier alpha value is -1.48. The Morgan fingerprint density at radius 1 is 1.21 bits per heavy atom. The molecule has 0 saturated carbocycles. The number of aromatic nitrogens is 7. The van der Waals surface area contributed by atoms with Crippen molar-refractivity contribution >= 4 is 29.3 Å². The molecule has 2 rings (SSSR count). The van der Waals surface area contributed by atoms with Gasteiger partial charge in [-0.2, -0.15) is 15.0 Å². The lowest BCUT2D eigenvalue weighted by atomic mass is 10.5. The third-order valence-corrected chi connectivity index (χ3v) is 3.45. The summed E-state index contributed by atoms with van der Waals surface area (Å²) < 4.78 is 1.54. The Labute approximate surface area is 119 Å². The van der Waals surface area contributed by atoms with Crippen LogP contribution in [0.15, 0.2) is 10.3 Å². The van der Waals surface area contributed by atoms with Gasteiger partial charge in [-0.25, -0.2) is 4.68 Å². The summed E-state index contributed by atoms with van der Waals surface area (Å²) in [6.07, 6.45) is 0. The van der Waals surface area contributed by atoms with Crippen LogP contribution in [0.3, 0.4) is 0 Å². The van der Waals surface area contributed by atoms with E-state index in [1.54, 1.807) is 11.7 Å². The zero-order valence-corrected chi connectivity index (χ0v) is 12.4. The molecule has 0 spiro atoms. The van der Waals surface area contributed by atoms with Crippen molar-refractivity contribution in [3.05, 3.63) is 5.28 Å². The molecule has 0 bridgehead atoms. The van der Waals surface area contributed by atoms with Crippen LogP contribution in [0.4, 0.5) is 5.95 Å². The second-order valence-electron chi connectivity index (χ2n) is 3.55. The molecule has 0 fully saturated rings. The highest BCUT2D eigenvalue weighted by atomic mass is 35.5. The molecular formula is C9H13ClN8S. The fraction of sp³-hybridized carbons (Fsp3) is 0.556. The van der Waals surface area contributed by atoms with E-state index in [0.29, 0.717) is 16.3 Å². The number of hydrogen-bond acceptors (Lipinski definition) is 8. The Balaban J connectivity index is 2.29. The number of nitrogens with zero attached hydrogens (tertiary/aromatic N) is 8. The monoisotopic (exact) mass is 300 g/mol. The van der Waals surface area contributed by atoms with Crippen molar-refractivity contribution in [1.82, 2.24) is 35.2 Å². The predicted octanol–water partition coefficient (Wildman–Crippen LogP) is 1.05. The van der Waals surface area contributed by atoms with Gasteiger partial charge in [0, 0.05) is 20.1 Å². The van der Waals surface area contributed by atoms with Gasteiger partial charge in [0.2, 0.25) is 21.5 Å². The Morgan fingerprint density at radius 2 is 1.95 bits per heavy atom. The van der Waals surface area contributed by atoms with Crippen LogP contribution in [0.1, 0.15) is 13.8 Å². The maximum Gasteiger partial charge on any atom is 0.230 e. The molecule has 2 heterocycles. The molecule has 0 N–H and O–H groups in total. The third kappa shape index (κ3) is 3.29. The summed E-state index contributed by atoms with van der Waals surface area (Å²) in [5.41, 5.74) is 0. The van der Waals surface area contributed by atoms with E-state index >= 15 is 0 Å². The second-order valence-corrected chi connectivity index (χ2v) is 4.82. The SMILES string of the molecule is CCN(CC)c1nc(Cl)nc(Sc2nnnn2C)n1. The second kappa shape index (κ2) is 6.11. The molecule has 2 aromatic rings. The van der Waals surface area contributed by atoms with Gasteiger partial charge in [-0.15, -0.1) is 5.10 Å². The van der Waals surface area contributed by atoms with Crippen molar-refractivity contribution in [2.24, 2.45) is 7.05 Å². The summed E-state index contributed by atoms with van der Waals surface area (Å²) in [6.45, 7) is 5.65. The smallest absolute Gasteiger partial charge is 0.230 e. The first-order valence-corrected chi connectivity index (χ1v) is 6.90. The van der Waals surface area contributed by atoms with E-state index in [4.69, 9.17) is 11.6 Å². The highest BCUT2D eigenvalue weighted by molar-refractivity contribution is 7.99. The van der Waals surface area contributed by atoms with Crippen molar-refractivity contribution in [1.29, 1.82) is 0 Å². The fourth-order valence-electron chi connectivity index (χ4n) is 1.40. The van der Waals surface area contributed by atoms with E-state index in [2.05, 4.69) is 30.5 Å². The predicted molar refractivity (Wildman–Crippen MR) is 71.3 cm³/mol. The topological polar surface area (TPSA) is 85.5 Å². The summed E-state index contributed by atoms with van der Waals surface area (Å²) in [4.78, 5) is 14.6. The van der Waals surface area contributed by atoms with E-state index in [1.165, 1.54) is 11.8 Å². The van der Waals surface area contributed by atoms with Crippen LogP contribution < -0.4 is 4.90 Å². The van der Waals surface area contributed by atoms with Crippen LogP contribution in [0.25, 0.3) is 0 Å².